The van der Waals surface area contributed by atoms with E-state index in [-0.39, 0.29) is 6.54 Å². The Balaban J connectivity index is 1.68. The van der Waals surface area contributed by atoms with Crippen molar-refractivity contribution >= 4 is 10.2 Å². The summed E-state index contributed by atoms with van der Waals surface area (Å²) in [5, 5.41) is 6.80. The van der Waals surface area contributed by atoms with E-state index in [0.29, 0.717) is 18.8 Å². The van der Waals surface area contributed by atoms with Crippen LogP contribution in [0.2, 0.25) is 0 Å². The van der Waals surface area contributed by atoms with E-state index in [9.17, 15) is 8.42 Å². The Bertz CT molecular complexity index is 698. The summed E-state index contributed by atoms with van der Waals surface area (Å²) >= 11 is 0. The van der Waals surface area contributed by atoms with Gasteiger partial charge in [-0.05, 0) is 24.1 Å². The molecule has 0 saturated heterocycles. The van der Waals surface area contributed by atoms with Gasteiger partial charge in [0.25, 0.3) is 10.2 Å². The summed E-state index contributed by atoms with van der Waals surface area (Å²) in [5.41, 5.74) is 3.72. The van der Waals surface area contributed by atoms with Gasteiger partial charge in [0, 0.05) is 18.8 Å². The molecule has 6 nitrogen and oxygen atoms in total. The molecule has 0 spiro atoms. The van der Waals surface area contributed by atoms with Crippen LogP contribution in [-0.2, 0) is 29.8 Å². The Morgan fingerprint density at radius 3 is 2.50 bits per heavy atom. The van der Waals surface area contributed by atoms with Crippen LogP contribution in [-0.4, -0.2) is 22.9 Å². The molecule has 0 aliphatic carbocycles. The zero-order chi connectivity index (χ0) is 14.2. The molecular formula is C13H16N4O2S. The predicted octanol–water partition coefficient (Wildman–Crippen LogP) is 1.07. The molecule has 2 heterocycles. The number of aromatic amines is 1. The van der Waals surface area contributed by atoms with Gasteiger partial charge in [-0.25, -0.2) is 0 Å². The number of aryl methyl sites for hydroxylation is 1. The summed E-state index contributed by atoms with van der Waals surface area (Å²) in [6.07, 6.45) is 0. The minimum absolute atomic E-state index is 0.194. The smallest absolute Gasteiger partial charge is 0.280 e. The molecule has 1 aromatic carbocycles. The summed E-state index contributed by atoms with van der Waals surface area (Å²) in [7, 11) is -3.49. The number of benzene rings is 1. The van der Waals surface area contributed by atoms with Gasteiger partial charge in [0.2, 0.25) is 0 Å². The van der Waals surface area contributed by atoms with Crippen molar-refractivity contribution in [3.63, 3.8) is 0 Å². The van der Waals surface area contributed by atoms with Crippen LogP contribution in [0, 0.1) is 6.92 Å². The van der Waals surface area contributed by atoms with E-state index < -0.39 is 10.2 Å². The SMILES string of the molecule is Cc1cc(CNS(=O)(=O)N2Cc3ccccc3C2)n[nH]1. The third kappa shape index (κ3) is 2.60. The van der Waals surface area contributed by atoms with E-state index >= 15 is 0 Å². The highest BCUT2D eigenvalue weighted by atomic mass is 32.2. The second-order valence-corrected chi connectivity index (χ2v) is 6.66. The fourth-order valence-electron chi connectivity index (χ4n) is 2.29. The lowest BCUT2D eigenvalue weighted by molar-refractivity contribution is 0.421. The van der Waals surface area contributed by atoms with Crippen molar-refractivity contribution in [2.75, 3.05) is 0 Å². The standard InChI is InChI=1S/C13H16N4O2S/c1-10-6-13(16-15-10)7-14-20(18,19)17-8-11-4-2-3-5-12(11)9-17/h2-6,14H,7-9H2,1H3,(H,15,16). The van der Waals surface area contributed by atoms with E-state index in [1.807, 2.05) is 37.3 Å². The first kappa shape index (κ1) is 13.3. The molecule has 3 rings (SSSR count). The Kier molecular flexibility index (Phi) is 3.33. The van der Waals surface area contributed by atoms with Crippen LogP contribution in [0.25, 0.3) is 0 Å². The number of fused-ring (bicyclic) bond motifs is 1. The lowest BCUT2D eigenvalue weighted by atomic mass is 10.1. The third-order valence-electron chi connectivity index (χ3n) is 3.35. The van der Waals surface area contributed by atoms with Crippen molar-refractivity contribution in [1.82, 2.24) is 19.2 Å². The summed E-state index contributed by atoms with van der Waals surface area (Å²) < 4.78 is 28.5. The van der Waals surface area contributed by atoms with Gasteiger partial charge in [0.15, 0.2) is 0 Å². The van der Waals surface area contributed by atoms with Crippen LogP contribution in [0.15, 0.2) is 30.3 Å². The average molecular weight is 292 g/mol. The van der Waals surface area contributed by atoms with E-state index in [4.69, 9.17) is 0 Å². The van der Waals surface area contributed by atoms with Crippen molar-refractivity contribution in [2.45, 2.75) is 26.6 Å². The first-order valence-electron chi connectivity index (χ1n) is 6.37. The van der Waals surface area contributed by atoms with Crippen molar-refractivity contribution < 1.29 is 8.42 Å². The second kappa shape index (κ2) is 5.01. The molecule has 0 bridgehead atoms. The highest BCUT2D eigenvalue weighted by molar-refractivity contribution is 7.87. The molecule has 106 valence electrons. The van der Waals surface area contributed by atoms with Gasteiger partial charge in [0.05, 0.1) is 12.2 Å². The maximum Gasteiger partial charge on any atom is 0.280 e. The molecule has 1 aliphatic rings. The van der Waals surface area contributed by atoms with Crippen LogP contribution < -0.4 is 4.72 Å². The summed E-state index contributed by atoms with van der Waals surface area (Å²) in [6.45, 7) is 2.91. The van der Waals surface area contributed by atoms with E-state index in [1.54, 1.807) is 0 Å². The Labute approximate surface area is 118 Å². The lowest BCUT2D eigenvalue weighted by Gasteiger charge is -2.15. The molecule has 2 aromatic rings. The minimum atomic E-state index is -3.49. The summed E-state index contributed by atoms with van der Waals surface area (Å²) in [5.74, 6) is 0. The molecule has 0 unspecified atom stereocenters. The molecule has 2 N–H and O–H groups in total. The number of hydrogen-bond donors (Lipinski definition) is 2. The molecule has 1 aromatic heterocycles. The fourth-order valence-corrected chi connectivity index (χ4v) is 3.42. The first-order valence-corrected chi connectivity index (χ1v) is 7.81. The molecule has 7 heteroatoms. The molecule has 0 fully saturated rings. The van der Waals surface area contributed by atoms with Crippen molar-refractivity contribution in [2.24, 2.45) is 0 Å². The molecule has 0 radical (unpaired) electrons. The Hall–Kier alpha value is -1.70. The molecule has 0 atom stereocenters. The fraction of sp³-hybridized carbons (Fsp3) is 0.308. The van der Waals surface area contributed by atoms with Gasteiger partial charge in [-0.1, -0.05) is 24.3 Å². The van der Waals surface area contributed by atoms with E-state index in [0.717, 1.165) is 16.8 Å². The Morgan fingerprint density at radius 2 is 1.95 bits per heavy atom. The summed E-state index contributed by atoms with van der Waals surface area (Å²) in [6, 6.07) is 9.59. The zero-order valence-electron chi connectivity index (χ0n) is 11.1. The van der Waals surface area contributed by atoms with Gasteiger partial charge in [-0.3, -0.25) is 5.10 Å². The number of aromatic nitrogens is 2. The van der Waals surface area contributed by atoms with Crippen LogP contribution in [0.3, 0.4) is 0 Å². The van der Waals surface area contributed by atoms with Gasteiger partial charge >= 0.3 is 0 Å². The quantitative estimate of drug-likeness (QED) is 0.884. The number of H-pyrrole nitrogens is 1. The lowest BCUT2D eigenvalue weighted by Crippen LogP contribution is -2.37. The zero-order valence-corrected chi connectivity index (χ0v) is 11.9. The van der Waals surface area contributed by atoms with Gasteiger partial charge in [-0.2, -0.15) is 22.5 Å². The number of nitrogens with one attached hydrogen (secondary N) is 2. The van der Waals surface area contributed by atoms with Gasteiger partial charge in [-0.15, -0.1) is 0 Å². The first-order chi connectivity index (χ1) is 9.54. The second-order valence-electron chi connectivity index (χ2n) is 4.91. The third-order valence-corrected chi connectivity index (χ3v) is 4.79. The largest absolute Gasteiger partial charge is 0.283 e. The van der Waals surface area contributed by atoms with Crippen molar-refractivity contribution in [3.05, 3.63) is 52.8 Å². The molecule has 20 heavy (non-hydrogen) atoms. The molecular weight excluding hydrogens is 276 g/mol. The Morgan fingerprint density at radius 1 is 1.30 bits per heavy atom. The average Bonchev–Trinajstić information content (AvgIpc) is 3.02. The topological polar surface area (TPSA) is 78.1 Å². The van der Waals surface area contributed by atoms with Crippen LogP contribution in [0.1, 0.15) is 22.5 Å². The van der Waals surface area contributed by atoms with Crippen LogP contribution in [0.4, 0.5) is 0 Å². The maximum atomic E-state index is 12.3. The predicted molar refractivity (Wildman–Crippen MR) is 74.8 cm³/mol. The molecule has 0 amide bonds. The molecule has 1 aliphatic heterocycles. The van der Waals surface area contributed by atoms with Crippen molar-refractivity contribution in [1.29, 1.82) is 0 Å². The van der Waals surface area contributed by atoms with Crippen molar-refractivity contribution in [3.8, 4) is 0 Å². The van der Waals surface area contributed by atoms with Crippen LogP contribution in [0.5, 0.6) is 0 Å². The maximum absolute atomic E-state index is 12.3. The summed E-state index contributed by atoms with van der Waals surface area (Å²) in [4.78, 5) is 0. The van der Waals surface area contributed by atoms with Crippen LogP contribution >= 0.6 is 0 Å². The van der Waals surface area contributed by atoms with E-state index in [1.165, 1.54) is 4.31 Å². The van der Waals surface area contributed by atoms with Gasteiger partial charge < -0.3 is 0 Å². The van der Waals surface area contributed by atoms with E-state index in [2.05, 4.69) is 14.9 Å². The highest BCUT2D eigenvalue weighted by Crippen LogP contribution is 2.24. The van der Waals surface area contributed by atoms with Gasteiger partial charge in [0.1, 0.15) is 0 Å². The number of nitrogens with zero attached hydrogens (tertiary/aromatic N) is 2. The number of rotatable bonds is 4. The molecule has 0 saturated carbocycles. The normalized spacial score (nSPS) is 15.4. The monoisotopic (exact) mass is 292 g/mol. The minimum Gasteiger partial charge on any atom is -0.283 e. The number of hydrogen-bond acceptors (Lipinski definition) is 3. The highest BCUT2D eigenvalue weighted by Gasteiger charge is 2.28.